The van der Waals surface area contributed by atoms with Crippen molar-refractivity contribution >= 4 is 0 Å². The summed E-state index contributed by atoms with van der Waals surface area (Å²) in [5, 5.41) is 0. The molecule has 0 aliphatic carbocycles. The average molecular weight is 124 g/mol. The van der Waals surface area contributed by atoms with Crippen molar-refractivity contribution in [3.8, 4) is 0 Å². The van der Waals surface area contributed by atoms with Gasteiger partial charge in [0.05, 0.1) is 0 Å². The molecular formula is C8H14N. The second kappa shape index (κ2) is 3.02. The van der Waals surface area contributed by atoms with E-state index in [0.717, 1.165) is 6.04 Å². The Hall–Kier alpha value is -0.300. The largest absolute Gasteiger partial charge is 0.292 e. The summed E-state index contributed by atoms with van der Waals surface area (Å²) in [5.74, 6) is 0. The van der Waals surface area contributed by atoms with Gasteiger partial charge >= 0.3 is 0 Å². The first-order valence-electron chi connectivity index (χ1n) is 3.56. The normalized spacial score (nSPS) is 28.8. The molecule has 0 aromatic rings. The fourth-order valence-corrected chi connectivity index (χ4v) is 1.31. The zero-order valence-corrected chi connectivity index (χ0v) is 6.01. The third-order valence-electron chi connectivity index (χ3n) is 1.90. The molecule has 9 heavy (non-hydrogen) atoms. The fourth-order valence-electron chi connectivity index (χ4n) is 1.31. The Balaban J connectivity index is 2.30. The minimum Gasteiger partial charge on any atom is -0.292 e. The molecule has 1 fully saturated rings. The summed E-state index contributed by atoms with van der Waals surface area (Å²) in [5.41, 5.74) is 0. The van der Waals surface area contributed by atoms with E-state index in [2.05, 4.69) is 24.9 Å². The minimum atomic E-state index is 0.739. The van der Waals surface area contributed by atoms with Gasteiger partial charge in [0.2, 0.25) is 0 Å². The summed E-state index contributed by atoms with van der Waals surface area (Å²) in [4.78, 5) is 2.34. The third kappa shape index (κ3) is 1.55. The van der Waals surface area contributed by atoms with Gasteiger partial charge in [0.1, 0.15) is 0 Å². The predicted molar refractivity (Wildman–Crippen MR) is 39.9 cm³/mol. The Morgan fingerprint density at radius 3 is 2.89 bits per heavy atom. The van der Waals surface area contributed by atoms with E-state index in [-0.39, 0.29) is 0 Å². The molecule has 1 aliphatic rings. The first-order chi connectivity index (χ1) is 4.34. The maximum atomic E-state index is 3.66. The summed E-state index contributed by atoms with van der Waals surface area (Å²) in [6.07, 6.45) is 4.54. The monoisotopic (exact) mass is 124 g/mol. The van der Waals surface area contributed by atoms with E-state index < -0.39 is 0 Å². The SMILES string of the molecule is C=C[CH]N1CCCC1C. The van der Waals surface area contributed by atoms with Crippen molar-refractivity contribution in [1.82, 2.24) is 4.90 Å². The fraction of sp³-hybridized carbons (Fsp3) is 0.625. The number of rotatable bonds is 2. The van der Waals surface area contributed by atoms with Crippen LogP contribution in [-0.2, 0) is 0 Å². The summed E-state index contributed by atoms with van der Waals surface area (Å²) in [6.45, 7) is 9.21. The Bertz CT molecular complexity index is 98.7. The van der Waals surface area contributed by atoms with Crippen molar-refractivity contribution in [3.05, 3.63) is 19.2 Å². The van der Waals surface area contributed by atoms with E-state index in [4.69, 9.17) is 0 Å². The molecule has 0 amide bonds. The van der Waals surface area contributed by atoms with E-state index in [1.54, 1.807) is 0 Å². The maximum absolute atomic E-state index is 3.66. The number of hydrogen-bond donors (Lipinski definition) is 0. The van der Waals surface area contributed by atoms with Crippen molar-refractivity contribution in [2.24, 2.45) is 0 Å². The zero-order chi connectivity index (χ0) is 6.69. The molecular weight excluding hydrogens is 110 g/mol. The van der Waals surface area contributed by atoms with Crippen molar-refractivity contribution in [1.29, 1.82) is 0 Å². The van der Waals surface area contributed by atoms with Crippen LogP contribution in [0.25, 0.3) is 0 Å². The highest BCUT2D eigenvalue weighted by Gasteiger charge is 2.17. The van der Waals surface area contributed by atoms with E-state index >= 15 is 0 Å². The van der Waals surface area contributed by atoms with Crippen LogP contribution in [0.1, 0.15) is 19.8 Å². The van der Waals surface area contributed by atoms with E-state index in [1.165, 1.54) is 19.4 Å². The molecule has 1 nitrogen and oxygen atoms in total. The van der Waals surface area contributed by atoms with Crippen molar-refractivity contribution in [2.45, 2.75) is 25.8 Å². The van der Waals surface area contributed by atoms with Gasteiger partial charge in [0.25, 0.3) is 0 Å². The molecule has 1 rings (SSSR count). The first kappa shape index (κ1) is 6.81. The summed E-state index contributed by atoms with van der Waals surface area (Å²) in [6, 6.07) is 0.739. The molecule has 1 aliphatic heterocycles. The molecule has 1 heterocycles. The van der Waals surface area contributed by atoms with Gasteiger partial charge in [-0.3, -0.25) is 4.90 Å². The molecule has 0 N–H and O–H groups in total. The van der Waals surface area contributed by atoms with Crippen LogP contribution in [0.3, 0.4) is 0 Å². The van der Waals surface area contributed by atoms with Gasteiger partial charge in [0.15, 0.2) is 0 Å². The number of nitrogens with zero attached hydrogens (tertiary/aromatic N) is 1. The zero-order valence-electron chi connectivity index (χ0n) is 6.01. The molecule has 0 bridgehead atoms. The highest BCUT2D eigenvalue weighted by molar-refractivity contribution is 4.91. The minimum absolute atomic E-state index is 0.739. The first-order valence-corrected chi connectivity index (χ1v) is 3.56. The van der Waals surface area contributed by atoms with Gasteiger partial charge in [-0.1, -0.05) is 6.08 Å². The second-order valence-corrected chi connectivity index (χ2v) is 2.61. The van der Waals surface area contributed by atoms with Crippen molar-refractivity contribution < 1.29 is 0 Å². The topological polar surface area (TPSA) is 3.24 Å². The van der Waals surface area contributed by atoms with E-state index in [0.29, 0.717) is 0 Å². The van der Waals surface area contributed by atoms with E-state index in [1.807, 2.05) is 6.08 Å². The lowest BCUT2D eigenvalue weighted by Gasteiger charge is -2.17. The molecule has 1 heteroatoms. The van der Waals surface area contributed by atoms with Crippen LogP contribution in [0.4, 0.5) is 0 Å². The lowest BCUT2D eigenvalue weighted by molar-refractivity contribution is 0.344. The molecule has 0 aromatic carbocycles. The lowest BCUT2D eigenvalue weighted by atomic mass is 10.2. The standard InChI is InChI=1S/C8H14N/c1-3-6-9-7-4-5-8(9)2/h3,6,8H,1,4-5,7H2,2H3. The van der Waals surface area contributed by atoms with Crippen molar-refractivity contribution in [3.63, 3.8) is 0 Å². The van der Waals surface area contributed by atoms with Gasteiger partial charge in [-0.05, 0) is 26.3 Å². The van der Waals surface area contributed by atoms with Gasteiger partial charge in [-0.15, -0.1) is 6.58 Å². The number of likely N-dealkylation sites (tertiary alicyclic amines) is 1. The summed E-state index contributed by atoms with van der Waals surface area (Å²) >= 11 is 0. The maximum Gasteiger partial charge on any atom is 0.0470 e. The third-order valence-corrected chi connectivity index (χ3v) is 1.90. The molecule has 1 unspecified atom stereocenters. The smallest absolute Gasteiger partial charge is 0.0470 e. The van der Waals surface area contributed by atoms with Gasteiger partial charge in [-0.2, -0.15) is 0 Å². The summed E-state index contributed by atoms with van der Waals surface area (Å²) in [7, 11) is 0. The van der Waals surface area contributed by atoms with Crippen molar-refractivity contribution in [2.75, 3.05) is 6.54 Å². The summed E-state index contributed by atoms with van der Waals surface area (Å²) < 4.78 is 0. The van der Waals surface area contributed by atoms with Crippen LogP contribution in [0.15, 0.2) is 12.7 Å². The quantitative estimate of drug-likeness (QED) is 0.542. The molecule has 0 spiro atoms. The Morgan fingerprint density at radius 1 is 1.67 bits per heavy atom. The Morgan fingerprint density at radius 2 is 2.44 bits per heavy atom. The Labute approximate surface area is 57.4 Å². The predicted octanol–water partition coefficient (Wildman–Crippen LogP) is 1.82. The highest BCUT2D eigenvalue weighted by Crippen LogP contribution is 2.17. The molecule has 1 radical (unpaired) electrons. The van der Waals surface area contributed by atoms with Crippen LogP contribution >= 0.6 is 0 Å². The van der Waals surface area contributed by atoms with Gasteiger partial charge in [-0.25, -0.2) is 0 Å². The highest BCUT2D eigenvalue weighted by atomic mass is 15.2. The van der Waals surface area contributed by atoms with E-state index in [9.17, 15) is 0 Å². The van der Waals surface area contributed by atoms with Crippen LogP contribution in [0.2, 0.25) is 0 Å². The average Bonchev–Trinajstić information content (AvgIpc) is 2.18. The van der Waals surface area contributed by atoms with Crippen LogP contribution in [0, 0.1) is 6.54 Å². The molecule has 0 aromatic heterocycles. The Kier molecular flexibility index (Phi) is 2.29. The van der Waals surface area contributed by atoms with Gasteiger partial charge in [0, 0.05) is 12.6 Å². The second-order valence-electron chi connectivity index (χ2n) is 2.61. The van der Waals surface area contributed by atoms with Gasteiger partial charge < -0.3 is 0 Å². The van der Waals surface area contributed by atoms with Crippen LogP contribution in [-0.4, -0.2) is 17.5 Å². The number of hydrogen-bond acceptors (Lipinski definition) is 1. The van der Waals surface area contributed by atoms with Crippen LogP contribution in [0.5, 0.6) is 0 Å². The van der Waals surface area contributed by atoms with Crippen LogP contribution < -0.4 is 0 Å². The molecule has 0 saturated carbocycles. The molecule has 51 valence electrons. The lowest BCUT2D eigenvalue weighted by Crippen LogP contribution is -2.22. The molecule has 1 atom stereocenters. The molecule has 1 saturated heterocycles.